The molecular weight excluding hydrogens is 566 g/mol. The fourth-order valence-corrected chi connectivity index (χ4v) is 6.15. The summed E-state index contributed by atoms with van der Waals surface area (Å²) in [5.74, 6) is 4.81. The van der Waals surface area contributed by atoms with E-state index in [4.69, 9.17) is 0 Å². The summed E-state index contributed by atoms with van der Waals surface area (Å²) in [5.41, 5.74) is 3.00. The molecule has 2 aromatic carbocycles. The van der Waals surface area contributed by atoms with Gasteiger partial charge in [-0.05, 0) is 62.2 Å². The lowest BCUT2D eigenvalue weighted by atomic mass is 10.1. The van der Waals surface area contributed by atoms with Crippen molar-refractivity contribution in [2.75, 3.05) is 18.2 Å². The number of carbonyl (C=O) groups is 3. The highest BCUT2D eigenvalue weighted by Crippen LogP contribution is 2.18. The summed E-state index contributed by atoms with van der Waals surface area (Å²) < 4.78 is 24.3. The lowest BCUT2D eigenvalue weighted by Gasteiger charge is -2.10. The molecule has 0 aliphatic heterocycles. The van der Waals surface area contributed by atoms with Gasteiger partial charge in [-0.15, -0.1) is 0 Å². The number of methoxy groups -OCH3 is 1. The lowest BCUT2D eigenvalue weighted by molar-refractivity contribution is -0.140. The van der Waals surface area contributed by atoms with Gasteiger partial charge >= 0.3 is 5.97 Å². The maximum absolute atomic E-state index is 13.9. The molecule has 0 radical (unpaired) electrons. The molecular formula is C32H31N5O5S. The average molecular weight is 598 g/mol. The number of pyridine rings is 1. The van der Waals surface area contributed by atoms with Gasteiger partial charge in [0.25, 0.3) is 11.8 Å². The quantitative estimate of drug-likeness (QED) is 0.167. The molecule has 10 nitrogen and oxygen atoms in total. The maximum Gasteiger partial charge on any atom is 0.305 e. The van der Waals surface area contributed by atoms with Crippen molar-refractivity contribution < 1.29 is 23.3 Å². The Kier molecular flexibility index (Phi) is 10.2. The van der Waals surface area contributed by atoms with Crippen molar-refractivity contribution in [2.24, 2.45) is 11.4 Å². The van der Waals surface area contributed by atoms with E-state index < -0.39 is 15.6 Å². The van der Waals surface area contributed by atoms with E-state index in [9.17, 15) is 18.6 Å². The Morgan fingerprint density at radius 2 is 1.74 bits per heavy atom. The van der Waals surface area contributed by atoms with Crippen LogP contribution < -0.4 is 5.32 Å². The van der Waals surface area contributed by atoms with Gasteiger partial charge in [0.2, 0.25) is 0 Å². The molecule has 220 valence electrons. The molecule has 1 N–H and O–H groups in total. The summed E-state index contributed by atoms with van der Waals surface area (Å²) in [7, 11) is -0.0807. The Morgan fingerprint density at radius 3 is 2.47 bits per heavy atom. The van der Waals surface area contributed by atoms with Gasteiger partial charge in [-0.1, -0.05) is 36.1 Å². The minimum absolute atomic E-state index is 0.111. The first-order chi connectivity index (χ1) is 20.7. The fraction of sp³-hybridized carbons (Fsp3) is 0.219. The molecule has 2 heterocycles. The number of ether oxygens (including phenoxy) is 1. The van der Waals surface area contributed by atoms with Gasteiger partial charge in [-0.25, -0.2) is 4.21 Å². The molecule has 0 fully saturated rings. The number of anilines is 1. The van der Waals surface area contributed by atoms with Crippen LogP contribution in [-0.2, 0) is 26.3 Å². The van der Waals surface area contributed by atoms with E-state index in [1.165, 1.54) is 24.2 Å². The van der Waals surface area contributed by atoms with E-state index in [0.717, 1.165) is 5.69 Å². The summed E-state index contributed by atoms with van der Waals surface area (Å²) in [6.45, 7) is 1.82. The van der Waals surface area contributed by atoms with Crippen LogP contribution in [0.2, 0.25) is 0 Å². The summed E-state index contributed by atoms with van der Waals surface area (Å²) in [6, 6.07) is 18.9. The summed E-state index contributed by atoms with van der Waals surface area (Å²) >= 11 is 0. The molecule has 43 heavy (non-hydrogen) atoms. The molecule has 2 amide bonds. The number of rotatable bonds is 9. The van der Waals surface area contributed by atoms with E-state index in [1.54, 1.807) is 73.8 Å². The first-order valence-corrected chi connectivity index (χ1v) is 15.2. The van der Waals surface area contributed by atoms with Crippen LogP contribution in [0.15, 0.2) is 88.4 Å². The number of amides is 2. The monoisotopic (exact) mass is 597 g/mol. The lowest BCUT2D eigenvalue weighted by Crippen LogP contribution is -2.16. The highest BCUT2D eigenvalue weighted by Gasteiger charge is 2.17. The Bertz CT molecular complexity index is 1830. The SMILES string of the molecule is COC(=O)CCCC[S@@](=O)(=NC(=O)c1cncc(C#Cc2cccc(NC(=O)c3cc(C)nn3C)c2)c1)c1ccccc1. The van der Waals surface area contributed by atoms with Crippen molar-refractivity contribution in [1.29, 1.82) is 0 Å². The Labute approximate surface area is 250 Å². The zero-order chi connectivity index (χ0) is 30.8. The number of esters is 1. The van der Waals surface area contributed by atoms with Gasteiger partial charge in [0.05, 0.1) is 28.1 Å². The molecule has 0 unspecified atom stereocenters. The van der Waals surface area contributed by atoms with Gasteiger partial charge in [0.1, 0.15) is 5.69 Å². The third-order valence-electron chi connectivity index (χ3n) is 6.31. The molecule has 2 aromatic heterocycles. The molecule has 1 atom stereocenters. The molecule has 0 saturated heterocycles. The zero-order valence-electron chi connectivity index (χ0n) is 24.1. The number of nitrogens with one attached hydrogen (secondary N) is 1. The highest BCUT2D eigenvalue weighted by molar-refractivity contribution is 7.94. The second-order valence-electron chi connectivity index (χ2n) is 9.63. The number of benzene rings is 2. The van der Waals surface area contributed by atoms with E-state index in [-0.39, 0.29) is 29.6 Å². The first kappa shape index (κ1) is 30.9. The van der Waals surface area contributed by atoms with E-state index in [2.05, 4.69) is 36.3 Å². The van der Waals surface area contributed by atoms with Crippen LogP contribution in [0, 0.1) is 18.8 Å². The van der Waals surface area contributed by atoms with Crippen LogP contribution in [0.4, 0.5) is 5.69 Å². The standard InChI is InChI=1S/C32H31N5O5S/c1-23-18-29(37(2)35-23)32(40)34-27-11-9-10-24(20-27)15-16-25-19-26(22-33-21-25)31(39)36-43(41,28-12-5-4-6-13-28)17-8-7-14-30(38)42-3/h4-6,9-13,18-22H,7-8,14,17H2,1-3H3,(H,34,40)/t43-/m0/s1. The minimum atomic E-state index is -3.10. The predicted octanol–water partition coefficient (Wildman–Crippen LogP) is 4.79. The third-order valence-corrected chi connectivity index (χ3v) is 8.62. The fourth-order valence-electron chi connectivity index (χ4n) is 4.17. The van der Waals surface area contributed by atoms with Crippen LogP contribution in [0.3, 0.4) is 0 Å². The first-order valence-electron chi connectivity index (χ1n) is 13.5. The van der Waals surface area contributed by atoms with Gasteiger partial charge in [-0.3, -0.25) is 24.0 Å². The molecule has 0 spiro atoms. The largest absolute Gasteiger partial charge is 0.469 e. The zero-order valence-corrected chi connectivity index (χ0v) is 24.9. The van der Waals surface area contributed by atoms with Crippen LogP contribution in [0.1, 0.15) is 56.9 Å². The number of hydrogen-bond donors (Lipinski definition) is 1. The smallest absolute Gasteiger partial charge is 0.305 e. The van der Waals surface area contributed by atoms with Gasteiger partial charge < -0.3 is 10.1 Å². The van der Waals surface area contributed by atoms with Crippen molar-refractivity contribution in [3.8, 4) is 11.8 Å². The van der Waals surface area contributed by atoms with E-state index in [0.29, 0.717) is 40.2 Å². The van der Waals surface area contributed by atoms with Gasteiger partial charge in [0, 0.05) is 53.3 Å². The molecule has 0 bridgehead atoms. The van der Waals surface area contributed by atoms with Gasteiger partial charge in [-0.2, -0.15) is 9.46 Å². The Hall–Kier alpha value is -5.08. The second-order valence-corrected chi connectivity index (χ2v) is 12.0. The van der Waals surface area contributed by atoms with Crippen molar-refractivity contribution >= 4 is 33.2 Å². The van der Waals surface area contributed by atoms with E-state index in [1.807, 2.05) is 6.92 Å². The number of carbonyl (C=O) groups excluding carboxylic acids is 3. The van der Waals surface area contributed by atoms with Crippen molar-refractivity contribution in [1.82, 2.24) is 14.8 Å². The van der Waals surface area contributed by atoms with Crippen LogP contribution in [-0.4, -0.2) is 49.6 Å². The summed E-state index contributed by atoms with van der Waals surface area (Å²) in [4.78, 5) is 41.9. The van der Waals surface area contributed by atoms with Crippen LogP contribution >= 0.6 is 0 Å². The molecule has 0 saturated carbocycles. The summed E-state index contributed by atoms with van der Waals surface area (Å²) in [6.07, 6.45) is 3.95. The topological polar surface area (TPSA) is 133 Å². The number of aromatic nitrogens is 3. The highest BCUT2D eigenvalue weighted by atomic mass is 32.2. The van der Waals surface area contributed by atoms with Crippen LogP contribution in [0.5, 0.6) is 0 Å². The molecule has 4 aromatic rings. The molecule has 0 aliphatic carbocycles. The number of nitrogens with zero attached hydrogens (tertiary/aromatic N) is 4. The van der Waals surface area contributed by atoms with Crippen molar-refractivity contribution in [3.63, 3.8) is 0 Å². The molecule has 0 aliphatic rings. The van der Waals surface area contributed by atoms with E-state index >= 15 is 0 Å². The maximum atomic E-state index is 13.9. The van der Waals surface area contributed by atoms with Crippen LogP contribution in [0.25, 0.3) is 0 Å². The Morgan fingerprint density at radius 1 is 0.977 bits per heavy atom. The number of unbranched alkanes of at least 4 members (excludes halogenated alkanes) is 1. The van der Waals surface area contributed by atoms with Crippen molar-refractivity contribution in [2.45, 2.75) is 31.1 Å². The Balaban J connectivity index is 1.52. The van der Waals surface area contributed by atoms with Gasteiger partial charge in [0.15, 0.2) is 0 Å². The molecule has 11 heteroatoms. The predicted molar refractivity (Wildman–Crippen MR) is 163 cm³/mol. The van der Waals surface area contributed by atoms with Crippen molar-refractivity contribution in [3.05, 3.63) is 107 Å². The minimum Gasteiger partial charge on any atom is -0.469 e. The number of hydrogen-bond acceptors (Lipinski definition) is 7. The number of aryl methyl sites for hydroxylation is 2. The normalized spacial score (nSPS) is 11.9. The average Bonchev–Trinajstić information content (AvgIpc) is 3.36. The second kappa shape index (κ2) is 14.2. The molecule has 4 rings (SSSR count). The summed E-state index contributed by atoms with van der Waals surface area (Å²) in [5, 5.41) is 7.05. The third kappa shape index (κ3) is 8.47.